The second-order valence-corrected chi connectivity index (χ2v) is 18.0. The first-order valence-corrected chi connectivity index (χ1v) is 23.6. The van der Waals surface area contributed by atoms with E-state index in [1.807, 2.05) is 0 Å². The third-order valence-electron chi connectivity index (χ3n) is 14.0. The first kappa shape index (κ1) is 39.0. The van der Waals surface area contributed by atoms with Crippen molar-refractivity contribution >= 4 is 65.4 Å². The molecule has 0 aliphatic rings. The summed E-state index contributed by atoms with van der Waals surface area (Å²) in [6.45, 7) is 0. The predicted molar refractivity (Wildman–Crippen MR) is 289 cm³/mol. The molecule has 4 heteroatoms. The van der Waals surface area contributed by atoms with Gasteiger partial charge in [-0.2, -0.15) is 0 Å². The van der Waals surface area contributed by atoms with Crippen LogP contribution in [-0.2, 0) is 0 Å². The van der Waals surface area contributed by atoms with Gasteiger partial charge in [-0.25, -0.2) is 4.98 Å². The summed E-state index contributed by atoms with van der Waals surface area (Å²) in [4.78, 5) is 5.46. The Morgan fingerprint density at radius 1 is 0.203 bits per heavy atom. The van der Waals surface area contributed by atoms with Gasteiger partial charge in [-0.1, -0.05) is 170 Å². The Balaban J connectivity index is 0.940. The van der Waals surface area contributed by atoms with Crippen LogP contribution in [0.1, 0.15) is 0 Å². The second-order valence-electron chi connectivity index (χ2n) is 18.0. The van der Waals surface area contributed by atoms with Crippen LogP contribution in [0.3, 0.4) is 0 Å². The van der Waals surface area contributed by atoms with Crippen molar-refractivity contribution in [2.45, 2.75) is 0 Å². The van der Waals surface area contributed by atoms with Crippen molar-refractivity contribution in [3.63, 3.8) is 0 Å². The first-order chi connectivity index (χ1) is 34.2. The number of hydrogen-bond donors (Lipinski definition) is 0. The summed E-state index contributed by atoms with van der Waals surface area (Å²) in [5, 5.41) is 7.45. The van der Waals surface area contributed by atoms with Crippen molar-refractivity contribution in [3.05, 3.63) is 255 Å². The molecule has 0 amide bonds. The molecule has 10 aromatic carbocycles. The molecule has 4 aromatic heterocycles. The molecular formula is C65H42N4. The van der Waals surface area contributed by atoms with E-state index in [0.717, 1.165) is 61.8 Å². The van der Waals surface area contributed by atoms with Crippen LogP contribution in [0.4, 0.5) is 0 Å². The largest absolute Gasteiger partial charge is 0.309 e. The number of aromatic nitrogens is 4. The highest BCUT2D eigenvalue weighted by molar-refractivity contribution is 6.11. The van der Waals surface area contributed by atoms with Gasteiger partial charge in [0.15, 0.2) is 0 Å². The average Bonchev–Trinajstić information content (AvgIpc) is 4.07. The minimum Gasteiger partial charge on any atom is -0.309 e. The lowest BCUT2D eigenvalue weighted by molar-refractivity contribution is 1.13. The second kappa shape index (κ2) is 15.7. The third-order valence-corrected chi connectivity index (χ3v) is 14.0. The highest BCUT2D eigenvalue weighted by Gasteiger charge is 2.19. The van der Waals surface area contributed by atoms with E-state index in [0.29, 0.717) is 0 Å². The fourth-order valence-electron chi connectivity index (χ4n) is 10.9. The standard InChI is InChI=1S/C65H42N4/c1-2-17-43(18-3-1)48-40-58(44-33-35-49(36-34-44)67-60-27-10-4-21-52(60)53-22-5-11-28-61(53)67)66-59(41-48)46-20-16-19-45(37-46)47-38-50(68-62-29-12-6-23-54(62)55-24-7-13-30-63(55)68)42-51(39-47)69-64-31-14-8-25-56(64)57-26-9-15-32-65(57)69/h1-42H. The normalized spacial score (nSPS) is 11.8. The molecule has 0 radical (unpaired) electrons. The molecule has 14 aromatic rings. The van der Waals surface area contributed by atoms with Gasteiger partial charge in [0.25, 0.3) is 0 Å². The molecule has 14 rings (SSSR count). The molecule has 4 heterocycles. The van der Waals surface area contributed by atoms with Gasteiger partial charge in [-0.05, 0) is 107 Å². The van der Waals surface area contributed by atoms with Crippen LogP contribution in [0.25, 0.3) is 127 Å². The molecular weight excluding hydrogens is 837 g/mol. The molecule has 0 saturated heterocycles. The molecule has 69 heavy (non-hydrogen) atoms. The van der Waals surface area contributed by atoms with Crippen LogP contribution in [0.15, 0.2) is 255 Å². The number of para-hydroxylation sites is 6. The Hall–Kier alpha value is -9.25. The zero-order valence-electron chi connectivity index (χ0n) is 37.5. The van der Waals surface area contributed by atoms with Crippen LogP contribution in [0.2, 0.25) is 0 Å². The Labute approximate surface area is 398 Å². The van der Waals surface area contributed by atoms with Crippen LogP contribution in [0.5, 0.6) is 0 Å². The number of hydrogen-bond acceptors (Lipinski definition) is 1. The molecule has 0 bridgehead atoms. The van der Waals surface area contributed by atoms with E-state index in [2.05, 4.69) is 268 Å². The van der Waals surface area contributed by atoms with Gasteiger partial charge in [0.1, 0.15) is 0 Å². The highest BCUT2D eigenvalue weighted by atomic mass is 15.0. The molecule has 0 atom stereocenters. The van der Waals surface area contributed by atoms with Crippen molar-refractivity contribution in [3.8, 4) is 61.8 Å². The van der Waals surface area contributed by atoms with Crippen LogP contribution in [0, 0.1) is 0 Å². The molecule has 0 unspecified atom stereocenters. The Kier molecular flexibility index (Phi) is 8.86. The number of rotatable bonds is 7. The SMILES string of the molecule is c1ccc(-c2cc(-c3ccc(-n4c5ccccc5c5ccccc54)cc3)nc(-c3cccc(-c4cc(-n5c6ccccc6c6ccccc65)cc(-n5c6ccccc6c6ccccc65)c4)c3)c2)cc1. The van der Waals surface area contributed by atoms with Crippen molar-refractivity contribution in [1.82, 2.24) is 18.7 Å². The van der Waals surface area contributed by atoms with E-state index in [4.69, 9.17) is 4.98 Å². The number of nitrogens with zero attached hydrogens (tertiary/aromatic N) is 4. The molecule has 0 fully saturated rings. The topological polar surface area (TPSA) is 27.7 Å². The summed E-state index contributed by atoms with van der Waals surface area (Å²) < 4.78 is 7.22. The number of benzene rings is 10. The number of fused-ring (bicyclic) bond motifs is 9. The Morgan fingerprint density at radius 3 is 1.00 bits per heavy atom. The van der Waals surface area contributed by atoms with Gasteiger partial charge in [0, 0.05) is 60.5 Å². The van der Waals surface area contributed by atoms with Crippen LogP contribution < -0.4 is 0 Å². The minimum absolute atomic E-state index is 0.917. The van der Waals surface area contributed by atoms with Gasteiger partial charge in [-0.3, -0.25) is 0 Å². The predicted octanol–water partition coefficient (Wildman–Crippen LogP) is 17.0. The zero-order valence-corrected chi connectivity index (χ0v) is 37.5. The summed E-state index contributed by atoms with van der Waals surface area (Å²) >= 11 is 0. The maximum absolute atomic E-state index is 5.46. The van der Waals surface area contributed by atoms with Crippen LogP contribution in [-0.4, -0.2) is 18.7 Å². The summed E-state index contributed by atoms with van der Waals surface area (Å²) in [5.41, 5.74) is 18.9. The maximum Gasteiger partial charge on any atom is 0.0715 e. The van der Waals surface area contributed by atoms with E-state index in [1.54, 1.807) is 0 Å². The summed E-state index contributed by atoms with van der Waals surface area (Å²) in [7, 11) is 0. The van der Waals surface area contributed by atoms with E-state index >= 15 is 0 Å². The lowest BCUT2D eigenvalue weighted by atomic mass is 9.97. The fraction of sp³-hybridized carbons (Fsp3) is 0. The molecule has 0 N–H and O–H groups in total. The Bertz CT molecular complexity index is 4010. The summed E-state index contributed by atoms with van der Waals surface area (Å²) in [5.74, 6) is 0. The van der Waals surface area contributed by atoms with Crippen LogP contribution >= 0.6 is 0 Å². The van der Waals surface area contributed by atoms with E-state index in [1.165, 1.54) is 65.4 Å². The first-order valence-electron chi connectivity index (χ1n) is 23.6. The van der Waals surface area contributed by atoms with Crippen molar-refractivity contribution in [1.29, 1.82) is 0 Å². The monoisotopic (exact) mass is 878 g/mol. The van der Waals surface area contributed by atoms with Gasteiger partial charge >= 0.3 is 0 Å². The average molecular weight is 879 g/mol. The van der Waals surface area contributed by atoms with Crippen molar-refractivity contribution in [2.24, 2.45) is 0 Å². The lowest BCUT2D eigenvalue weighted by Gasteiger charge is -2.16. The van der Waals surface area contributed by atoms with E-state index < -0.39 is 0 Å². The summed E-state index contributed by atoms with van der Waals surface area (Å²) in [6, 6.07) is 92.3. The van der Waals surface area contributed by atoms with Gasteiger partial charge in [-0.15, -0.1) is 0 Å². The molecule has 0 aliphatic heterocycles. The van der Waals surface area contributed by atoms with E-state index in [-0.39, 0.29) is 0 Å². The molecule has 0 aliphatic carbocycles. The lowest BCUT2D eigenvalue weighted by Crippen LogP contribution is -2.00. The zero-order chi connectivity index (χ0) is 45.4. The highest BCUT2D eigenvalue weighted by Crippen LogP contribution is 2.40. The van der Waals surface area contributed by atoms with Gasteiger partial charge < -0.3 is 13.7 Å². The smallest absolute Gasteiger partial charge is 0.0715 e. The van der Waals surface area contributed by atoms with Crippen molar-refractivity contribution in [2.75, 3.05) is 0 Å². The third kappa shape index (κ3) is 6.34. The molecule has 0 saturated carbocycles. The van der Waals surface area contributed by atoms with E-state index in [9.17, 15) is 0 Å². The van der Waals surface area contributed by atoms with Crippen molar-refractivity contribution < 1.29 is 0 Å². The fourth-order valence-corrected chi connectivity index (χ4v) is 10.9. The molecule has 322 valence electrons. The Morgan fingerprint density at radius 2 is 0.551 bits per heavy atom. The quantitative estimate of drug-likeness (QED) is 0.157. The molecule has 0 spiro atoms. The summed E-state index contributed by atoms with van der Waals surface area (Å²) in [6.07, 6.45) is 0. The minimum atomic E-state index is 0.917. The maximum atomic E-state index is 5.46. The number of pyridine rings is 1. The van der Waals surface area contributed by atoms with Gasteiger partial charge in [0.05, 0.1) is 44.5 Å². The van der Waals surface area contributed by atoms with Gasteiger partial charge in [0.2, 0.25) is 0 Å². The molecule has 4 nitrogen and oxygen atoms in total.